The van der Waals surface area contributed by atoms with E-state index in [2.05, 4.69) is 50.2 Å². The fourth-order valence-corrected chi connectivity index (χ4v) is 3.46. The van der Waals surface area contributed by atoms with Gasteiger partial charge in [-0.3, -0.25) is 0 Å². The molecule has 0 fully saturated rings. The highest BCUT2D eigenvalue weighted by Crippen LogP contribution is 2.23. The molecule has 1 N–H and O–H groups in total. The van der Waals surface area contributed by atoms with E-state index in [0.717, 1.165) is 24.0 Å². The van der Waals surface area contributed by atoms with E-state index < -0.39 is 6.10 Å². The number of aryl methyl sites for hydroxylation is 2. The summed E-state index contributed by atoms with van der Waals surface area (Å²) in [5.74, 6) is 0. The van der Waals surface area contributed by atoms with Crippen LogP contribution in [-0.2, 0) is 12.8 Å². The van der Waals surface area contributed by atoms with Crippen molar-refractivity contribution in [3.63, 3.8) is 0 Å². The zero-order valence-electron chi connectivity index (χ0n) is 16.7. The first-order valence-electron chi connectivity index (χ1n) is 10.6. The lowest BCUT2D eigenvalue weighted by Gasteiger charge is -2.13. The standard InChI is InChI=1S/C25H36O/c1-3-5-6-7-8-9-10-11-12-22-15-19-24(20-16-22)25(26)23-17-13-21(4-2)14-18-23/h13-20,25-26H,3-12H2,1-2H3. The van der Waals surface area contributed by atoms with Gasteiger partial charge in [0.2, 0.25) is 0 Å². The van der Waals surface area contributed by atoms with Gasteiger partial charge in [-0.15, -0.1) is 0 Å². The number of hydrogen-bond donors (Lipinski definition) is 1. The van der Waals surface area contributed by atoms with Crippen molar-refractivity contribution < 1.29 is 5.11 Å². The Balaban J connectivity index is 1.73. The highest BCUT2D eigenvalue weighted by atomic mass is 16.3. The van der Waals surface area contributed by atoms with Crippen molar-refractivity contribution in [3.8, 4) is 0 Å². The first kappa shape index (κ1) is 20.7. The second-order valence-corrected chi connectivity index (χ2v) is 7.46. The van der Waals surface area contributed by atoms with Crippen LogP contribution in [0.2, 0.25) is 0 Å². The van der Waals surface area contributed by atoms with Gasteiger partial charge in [-0.05, 0) is 41.5 Å². The van der Waals surface area contributed by atoms with E-state index in [9.17, 15) is 5.11 Å². The molecule has 2 rings (SSSR count). The monoisotopic (exact) mass is 352 g/mol. The summed E-state index contributed by atoms with van der Waals surface area (Å²) in [5.41, 5.74) is 4.64. The maximum atomic E-state index is 10.6. The normalized spacial score (nSPS) is 12.3. The smallest absolute Gasteiger partial charge is 0.104 e. The lowest BCUT2D eigenvalue weighted by atomic mass is 9.97. The second-order valence-electron chi connectivity index (χ2n) is 7.46. The van der Waals surface area contributed by atoms with Gasteiger partial charge >= 0.3 is 0 Å². The van der Waals surface area contributed by atoms with Crippen molar-refractivity contribution in [2.24, 2.45) is 0 Å². The summed E-state index contributed by atoms with van der Waals surface area (Å²) in [6, 6.07) is 16.8. The van der Waals surface area contributed by atoms with Crippen molar-refractivity contribution in [2.75, 3.05) is 0 Å². The van der Waals surface area contributed by atoms with E-state index in [-0.39, 0.29) is 0 Å². The first-order chi connectivity index (χ1) is 12.7. The van der Waals surface area contributed by atoms with Gasteiger partial charge in [-0.2, -0.15) is 0 Å². The number of aliphatic hydroxyl groups is 1. The van der Waals surface area contributed by atoms with Crippen LogP contribution in [-0.4, -0.2) is 5.11 Å². The molecule has 0 saturated carbocycles. The summed E-state index contributed by atoms with van der Waals surface area (Å²) in [4.78, 5) is 0. The molecule has 0 bridgehead atoms. The van der Waals surface area contributed by atoms with Gasteiger partial charge in [-0.25, -0.2) is 0 Å². The van der Waals surface area contributed by atoms with Crippen LogP contribution in [0.5, 0.6) is 0 Å². The molecule has 0 heterocycles. The van der Waals surface area contributed by atoms with Crippen molar-refractivity contribution >= 4 is 0 Å². The largest absolute Gasteiger partial charge is 0.384 e. The maximum absolute atomic E-state index is 10.6. The lowest BCUT2D eigenvalue weighted by molar-refractivity contribution is 0.220. The average molecular weight is 353 g/mol. The molecule has 1 unspecified atom stereocenters. The van der Waals surface area contributed by atoms with E-state index in [1.807, 2.05) is 12.1 Å². The van der Waals surface area contributed by atoms with Gasteiger partial charge in [0.05, 0.1) is 0 Å². The predicted octanol–water partition coefficient (Wildman–Crippen LogP) is 7.01. The Labute approximate surface area is 160 Å². The Morgan fingerprint density at radius 3 is 1.58 bits per heavy atom. The van der Waals surface area contributed by atoms with Gasteiger partial charge in [0.25, 0.3) is 0 Å². The van der Waals surface area contributed by atoms with Crippen LogP contribution in [0.3, 0.4) is 0 Å². The van der Waals surface area contributed by atoms with Crippen molar-refractivity contribution in [2.45, 2.75) is 84.2 Å². The fraction of sp³-hybridized carbons (Fsp3) is 0.520. The van der Waals surface area contributed by atoms with Gasteiger partial charge in [0, 0.05) is 0 Å². The molecule has 0 aliphatic carbocycles. The van der Waals surface area contributed by atoms with Crippen LogP contribution in [0.15, 0.2) is 48.5 Å². The third-order valence-electron chi connectivity index (χ3n) is 5.32. The molecule has 142 valence electrons. The lowest BCUT2D eigenvalue weighted by Crippen LogP contribution is -2.00. The Kier molecular flexibility index (Phi) is 9.48. The molecule has 1 heteroatoms. The number of unbranched alkanes of at least 4 members (excludes halogenated alkanes) is 7. The summed E-state index contributed by atoms with van der Waals surface area (Å²) in [6.07, 6.45) is 12.5. The van der Waals surface area contributed by atoms with Crippen molar-refractivity contribution in [1.82, 2.24) is 0 Å². The third kappa shape index (κ3) is 6.96. The molecule has 0 aromatic heterocycles. The summed E-state index contributed by atoms with van der Waals surface area (Å²) >= 11 is 0. The van der Waals surface area contributed by atoms with E-state index in [1.54, 1.807) is 0 Å². The van der Waals surface area contributed by atoms with Crippen LogP contribution < -0.4 is 0 Å². The summed E-state index contributed by atoms with van der Waals surface area (Å²) in [5, 5.41) is 10.6. The topological polar surface area (TPSA) is 20.2 Å². The minimum atomic E-state index is -0.530. The Bertz CT molecular complexity index is 597. The maximum Gasteiger partial charge on any atom is 0.104 e. The number of aliphatic hydroxyl groups excluding tert-OH is 1. The van der Waals surface area contributed by atoms with Crippen LogP contribution in [0.4, 0.5) is 0 Å². The number of benzene rings is 2. The fourth-order valence-electron chi connectivity index (χ4n) is 3.46. The summed E-state index contributed by atoms with van der Waals surface area (Å²) in [6.45, 7) is 4.42. The SMILES string of the molecule is CCCCCCCCCCc1ccc(C(O)c2ccc(CC)cc2)cc1. The predicted molar refractivity (Wildman–Crippen MR) is 113 cm³/mol. The van der Waals surface area contributed by atoms with E-state index >= 15 is 0 Å². The molecule has 2 aromatic rings. The molecular weight excluding hydrogens is 316 g/mol. The van der Waals surface area contributed by atoms with Crippen LogP contribution in [0.25, 0.3) is 0 Å². The molecule has 0 aliphatic rings. The van der Waals surface area contributed by atoms with Crippen molar-refractivity contribution in [3.05, 3.63) is 70.8 Å². The molecular formula is C25H36O. The molecule has 1 nitrogen and oxygen atoms in total. The zero-order chi connectivity index (χ0) is 18.6. The Hall–Kier alpha value is -1.60. The minimum Gasteiger partial charge on any atom is -0.384 e. The first-order valence-corrected chi connectivity index (χ1v) is 10.6. The zero-order valence-corrected chi connectivity index (χ0v) is 16.7. The van der Waals surface area contributed by atoms with Crippen LogP contribution in [0, 0.1) is 0 Å². The van der Waals surface area contributed by atoms with Crippen LogP contribution in [0.1, 0.15) is 93.6 Å². The quantitative estimate of drug-likeness (QED) is 0.407. The average Bonchev–Trinajstić information content (AvgIpc) is 2.70. The third-order valence-corrected chi connectivity index (χ3v) is 5.32. The molecule has 26 heavy (non-hydrogen) atoms. The highest BCUT2D eigenvalue weighted by molar-refractivity contribution is 5.33. The van der Waals surface area contributed by atoms with E-state index in [0.29, 0.717) is 0 Å². The van der Waals surface area contributed by atoms with Crippen LogP contribution >= 0.6 is 0 Å². The Morgan fingerprint density at radius 2 is 1.08 bits per heavy atom. The molecule has 0 radical (unpaired) electrons. The van der Waals surface area contributed by atoms with Gasteiger partial charge in [-0.1, -0.05) is 107 Å². The van der Waals surface area contributed by atoms with E-state index in [1.165, 1.54) is 62.5 Å². The Morgan fingerprint density at radius 1 is 0.615 bits per heavy atom. The number of rotatable bonds is 12. The van der Waals surface area contributed by atoms with Gasteiger partial charge < -0.3 is 5.11 Å². The molecule has 0 spiro atoms. The molecule has 1 atom stereocenters. The van der Waals surface area contributed by atoms with Crippen molar-refractivity contribution in [1.29, 1.82) is 0 Å². The summed E-state index contributed by atoms with van der Waals surface area (Å²) < 4.78 is 0. The molecule has 0 saturated heterocycles. The van der Waals surface area contributed by atoms with E-state index in [4.69, 9.17) is 0 Å². The van der Waals surface area contributed by atoms with Gasteiger partial charge in [0.15, 0.2) is 0 Å². The second kappa shape index (κ2) is 11.9. The summed E-state index contributed by atoms with van der Waals surface area (Å²) in [7, 11) is 0. The van der Waals surface area contributed by atoms with Gasteiger partial charge in [0.1, 0.15) is 6.10 Å². The molecule has 0 amide bonds. The molecule has 0 aliphatic heterocycles. The minimum absolute atomic E-state index is 0.530. The molecule has 2 aromatic carbocycles. The number of hydrogen-bond acceptors (Lipinski definition) is 1. The highest BCUT2D eigenvalue weighted by Gasteiger charge is 2.10.